The lowest BCUT2D eigenvalue weighted by atomic mass is 10.4. The molecule has 0 spiro atoms. The predicted molar refractivity (Wildman–Crippen MR) is 60.3 cm³/mol. The Kier molecular flexibility index (Phi) is 1.89. The van der Waals surface area contributed by atoms with Crippen molar-refractivity contribution in [3.63, 3.8) is 0 Å². The maximum Gasteiger partial charge on any atom is 0.205 e. The zero-order valence-corrected chi connectivity index (χ0v) is 9.04. The van der Waals surface area contributed by atoms with Crippen molar-refractivity contribution in [2.45, 2.75) is 13.2 Å². The average Bonchev–Trinajstić information content (AvgIpc) is 2.82. The molecular formula is C11H10N2OS. The molecule has 2 aromatic rings. The molecule has 15 heavy (non-hydrogen) atoms. The number of hydrogen-bond donors (Lipinski definition) is 1. The molecule has 0 fully saturated rings. The van der Waals surface area contributed by atoms with Gasteiger partial charge in [-0.3, -0.25) is 4.98 Å². The fraction of sp³-hybridized carbons (Fsp3) is 0.182. The zero-order valence-electron chi connectivity index (χ0n) is 8.23. The van der Waals surface area contributed by atoms with Gasteiger partial charge in [0.25, 0.3) is 0 Å². The van der Waals surface area contributed by atoms with Gasteiger partial charge in [-0.2, -0.15) is 0 Å². The van der Waals surface area contributed by atoms with Crippen LogP contribution in [0.1, 0.15) is 16.0 Å². The van der Waals surface area contributed by atoms with Gasteiger partial charge >= 0.3 is 0 Å². The molecule has 0 amide bonds. The summed E-state index contributed by atoms with van der Waals surface area (Å²) >= 11 is 1.75. The molecule has 1 N–H and O–H groups in total. The van der Waals surface area contributed by atoms with E-state index in [2.05, 4.69) is 29.4 Å². The van der Waals surface area contributed by atoms with Crippen molar-refractivity contribution in [1.29, 1.82) is 0 Å². The highest BCUT2D eigenvalue weighted by molar-refractivity contribution is 7.12. The molecule has 3 rings (SSSR count). The SMILES string of the molecule is Cc1ccc(C2Nc3ccncc3O2)s1. The van der Waals surface area contributed by atoms with Gasteiger partial charge < -0.3 is 10.1 Å². The Morgan fingerprint density at radius 2 is 2.33 bits per heavy atom. The van der Waals surface area contributed by atoms with E-state index in [1.807, 2.05) is 6.07 Å². The van der Waals surface area contributed by atoms with E-state index < -0.39 is 0 Å². The van der Waals surface area contributed by atoms with Crippen LogP contribution >= 0.6 is 11.3 Å². The van der Waals surface area contributed by atoms with E-state index in [-0.39, 0.29) is 6.23 Å². The second-order valence-electron chi connectivity index (χ2n) is 3.46. The summed E-state index contributed by atoms with van der Waals surface area (Å²) < 4.78 is 5.74. The molecule has 3 nitrogen and oxygen atoms in total. The molecule has 2 aromatic heterocycles. The lowest BCUT2D eigenvalue weighted by molar-refractivity contribution is 0.263. The van der Waals surface area contributed by atoms with Crippen molar-refractivity contribution < 1.29 is 4.74 Å². The van der Waals surface area contributed by atoms with Gasteiger partial charge in [0.15, 0.2) is 5.75 Å². The Balaban J connectivity index is 1.90. The maximum atomic E-state index is 5.74. The zero-order chi connectivity index (χ0) is 10.3. The maximum absolute atomic E-state index is 5.74. The number of rotatable bonds is 1. The Morgan fingerprint density at radius 1 is 1.40 bits per heavy atom. The van der Waals surface area contributed by atoms with Crippen molar-refractivity contribution in [1.82, 2.24) is 4.98 Å². The minimum absolute atomic E-state index is 0.0529. The van der Waals surface area contributed by atoms with E-state index in [9.17, 15) is 0 Å². The molecule has 1 unspecified atom stereocenters. The molecule has 76 valence electrons. The van der Waals surface area contributed by atoms with Crippen molar-refractivity contribution >= 4 is 17.0 Å². The highest BCUT2D eigenvalue weighted by atomic mass is 32.1. The summed E-state index contributed by atoms with van der Waals surface area (Å²) in [7, 11) is 0. The Morgan fingerprint density at radius 3 is 3.07 bits per heavy atom. The number of aryl methyl sites for hydroxylation is 1. The molecule has 0 saturated carbocycles. The van der Waals surface area contributed by atoms with Gasteiger partial charge in [-0.15, -0.1) is 11.3 Å². The average molecular weight is 218 g/mol. The highest BCUT2D eigenvalue weighted by Gasteiger charge is 2.24. The predicted octanol–water partition coefficient (Wildman–Crippen LogP) is 2.95. The van der Waals surface area contributed by atoms with Crippen LogP contribution in [0.25, 0.3) is 0 Å². The monoisotopic (exact) mass is 218 g/mol. The van der Waals surface area contributed by atoms with Gasteiger partial charge in [-0.1, -0.05) is 0 Å². The first kappa shape index (κ1) is 8.73. The largest absolute Gasteiger partial charge is 0.462 e. The Hall–Kier alpha value is -1.55. The second kappa shape index (κ2) is 3.24. The van der Waals surface area contributed by atoms with E-state index in [1.54, 1.807) is 23.7 Å². The van der Waals surface area contributed by atoms with Crippen molar-refractivity contribution in [2.24, 2.45) is 0 Å². The summed E-state index contributed by atoms with van der Waals surface area (Å²) in [4.78, 5) is 6.52. The molecular weight excluding hydrogens is 208 g/mol. The lowest BCUT2D eigenvalue weighted by Crippen LogP contribution is -2.07. The minimum atomic E-state index is -0.0529. The molecule has 1 aliphatic rings. The molecule has 4 heteroatoms. The van der Waals surface area contributed by atoms with Crippen LogP contribution < -0.4 is 10.1 Å². The summed E-state index contributed by atoms with van der Waals surface area (Å²) in [5, 5.41) is 3.31. The second-order valence-corrected chi connectivity index (χ2v) is 4.78. The number of aromatic nitrogens is 1. The van der Waals surface area contributed by atoms with Crippen LogP contribution in [0.15, 0.2) is 30.6 Å². The molecule has 1 aliphatic heterocycles. The molecule has 3 heterocycles. The van der Waals surface area contributed by atoms with E-state index in [1.165, 1.54) is 9.75 Å². The molecule has 0 radical (unpaired) electrons. The summed E-state index contributed by atoms with van der Waals surface area (Å²) in [6.07, 6.45) is 3.45. The van der Waals surface area contributed by atoms with Crippen molar-refractivity contribution in [3.05, 3.63) is 40.3 Å². The van der Waals surface area contributed by atoms with Crippen LogP contribution in [0.2, 0.25) is 0 Å². The highest BCUT2D eigenvalue weighted by Crippen LogP contribution is 2.38. The summed E-state index contributed by atoms with van der Waals surface area (Å²) in [6, 6.07) is 6.12. The fourth-order valence-electron chi connectivity index (χ4n) is 1.61. The van der Waals surface area contributed by atoms with E-state index >= 15 is 0 Å². The van der Waals surface area contributed by atoms with E-state index in [4.69, 9.17) is 4.74 Å². The van der Waals surface area contributed by atoms with Gasteiger partial charge in [0.2, 0.25) is 6.23 Å². The summed E-state index contributed by atoms with van der Waals surface area (Å²) in [5.41, 5.74) is 1.01. The first-order chi connectivity index (χ1) is 7.33. The number of anilines is 1. The van der Waals surface area contributed by atoms with Crippen LogP contribution in [0.4, 0.5) is 5.69 Å². The van der Waals surface area contributed by atoms with Gasteiger partial charge in [0.05, 0.1) is 16.8 Å². The third kappa shape index (κ3) is 1.47. The van der Waals surface area contributed by atoms with Crippen LogP contribution in [-0.4, -0.2) is 4.98 Å². The van der Waals surface area contributed by atoms with E-state index in [0.29, 0.717) is 0 Å². The smallest absolute Gasteiger partial charge is 0.205 e. The van der Waals surface area contributed by atoms with Crippen LogP contribution in [0.3, 0.4) is 0 Å². The number of nitrogens with one attached hydrogen (secondary N) is 1. The summed E-state index contributed by atoms with van der Waals surface area (Å²) in [6.45, 7) is 2.10. The molecule has 0 bridgehead atoms. The lowest BCUT2D eigenvalue weighted by Gasteiger charge is -2.07. The normalized spacial score (nSPS) is 18.1. The van der Waals surface area contributed by atoms with Gasteiger partial charge in [-0.25, -0.2) is 0 Å². The third-order valence-electron chi connectivity index (χ3n) is 2.34. The first-order valence-corrected chi connectivity index (χ1v) is 5.58. The standard InChI is InChI=1S/C11H10N2OS/c1-7-2-3-10(15-7)11-13-8-4-5-12-6-9(8)14-11/h2-6,11,13H,1H3. The number of nitrogens with zero attached hydrogens (tertiary/aromatic N) is 1. The Bertz CT molecular complexity index is 470. The van der Waals surface area contributed by atoms with Crippen molar-refractivity contribution in [3.8, 4) is 5.75 Å². The number of ether oxygens (including phenoxy) is 1. The quantitative estimate of drug-likeness (QED) is 0.799. The first-order valence-electron chi connectivity index (χ1n) is 4.76. The molecule has 0 aliphatic carbocycles. The van der Waals surface area contributed by atoms with Gasteiger partial charge in [-0.05, 0) is 25.1 Å². The molecule has 0 aromatic carbocycles. The fourth-order valence-corrected chi connectivity index (χ4v) is 2.47. The third-order valence-corrected chi connectivity index (χ3v) is 3.38. The minimum Gasteiger partial charge on any atom is -0.462 e. The van der Waals surface area contributed by atoms with Crippen LogP contribution in [0.5, 0.6) is 5.75 Å². The Labute approximate surface area is 91.7 Å². The van der Waals surface area contributed by atoms with Crippen LogP contribution in [-0.2, 0) is 0 Å². The molecule has 1 atom stereocenters. The van der Waals surface area contributed by atoms with Gasteiger partial charge in [0.1, 0.15) is 0 Å². The number of thiophene rings is 1. The number of fused-ring (bicyclic) bond motifs is 1. The van der Waals surface area contributed by atoms with Crippen molar-refractivity contribution in [2.75, 3.05) is 5.32 Å². The number of pyridine rings is 1. The topological polar surface area (TPSA) is 34.2 Å². The number of hydrogen-bond acceptors (Lipinski definition) is 4. The van der Waals surface area contributed by atoms with Gasteiger partial charge in [0, 0.05) is 11.1 Å². The van der Waals surface area contributed by atoms with E-state index in [0.717, 1.165) is 11.4 Å². The molecule has 0 saturated heterocycles. The van der Waals surface area contributed by atoms with Crippen LogP contribution in [0, 0.1) is 6.92 Å². The summed E-state index contributed by atoms with van der Waals surface area (Å²) in [5.74, 6) is 0.827.